The van der Waals surface area contributed by atoms with Gasteiger partial charge in [0.1, 0.15) is 4.21 Å². The molecule has 1 heterocycles. The number of aryl methyl sites for hydroxylation is 1. The van der Waals surface area contributed by atoms with E-state index in [2.05, 4.69) is 36.6 Å². The maximum absolute atomic E-state index is 12.2. The van der Waals surface area contributed by atoms with Gasteiger partial charge in [0.15, 0.2) is 0 Å². The molecule has 0 fully saturated rings. The Morgan fingerprint density at radius 3 is 2.47 bits per heavy atom. The molecular weight excluding hydrogens is 438 g/mol. The highest BCUT2D eigenvalue weighted by Crippen LogP contribution is 2.35. The smallest absolute Gasteiger partial charge is 0.271 e. The first-order chi connectivity index (χ1) is 8.79. The molecule has 0 aliphatic carbocycles. The van der Waals surface area contributed by atoms with E-state index in [9.17, 15) is 8.42 Å². The lowest BCUT2D eigenvalue weighted by Crippen LogP contribution is -2.12. The minimum Gasteiger partial charge on any atom is -0.279 e. The van der Waals surface area contributed by atoms with E-state index in [1.165, 1.54) is 6.07 Å². The molecular formula is C11H8Br2ClNO2S2. The van der Waals surface area contributed by atoms with Crippen LogP contribution in [0.4, 0.5) is 5.69 Å². The SMILES string of the molecule is Cc1cc(Br)ccc1NS(=O)(=O)c1cc(Cl)c(Br)s1. The minimum atomic E-state index is -3.61. The molecule has 0 saturated carbocycles. The third-order valence-electron chi connectivity index (χ3n) is 2.32. The highest BCUT2D eigenvalue weighted by Gasteiger charge is 2.19. The minimum absolute atomic E-state index is 0.173. The Kier molecular flexibility index (Phi) is 4.62. The Hall–Kier alpha value is -0.0800. The second-order valence-electron chi connectivity index (χ2n) is 3.75. The summed E-state index contributed by atoms with van der Waals surface area (Å²) >= 11 is 13.5. The predicted octanol–water partition coefficient (Wildman–Crippen LogP) is 5.04. The molecule has 1 N–H and O–H groups in total. The van der Waals surface area contributed by atoms with Gasteiger partial charge in [0.05, 0.1) is 14.5 Å². The van der Waals surface area contributed by atoms with Gasteiger partial charge in [-0.05, 0) is 52.7 Å². The van der Waals surface area contributed by atoms with Crippen LogP contribution in [-0.2, 0) is 10.0 Å². The number of benzene rings is 1. The van der Waals surface area contributed by atoms with Crippen LogP contribution >= 0.6 is 54.8 Å². The third-order valence-corrected chi connectivity index (χ3v) is 7.13. The molecule has 2 aromatic rings. The average Bonchev–Trinajstić information content (AvgIpc) is 2.64. The summed E-state index contributed by atoms with van der Waals surface area (Å²) in [5.41, 5.74) is 1.38. The van der Waals surface area contributed by atoms with E-state index in [4.69, 9.17) is 11.6 Å². The summed E-state index contributed by atoms with van der Waals surface area (Å²) in [5.74, 6) is 0. The van der Waals surface area contributed by atoms with E-state index in [0.717, 1.165) is 21.4 Å². The highest BCUT2D eigenvalue weighted by atomic mass is 79.9. The molecule has 102 valence electrons. The van der Waals surface area contributed by atoms with Crippen LogP contribution in [0.2, 0.25) is 5.02 Å². The molecule has 1 aromatic carbocycles. The molecule has 0 aliphatic rings. The van der Waals surface area contributed by atoms with E-state index < -0.39 is 10.0 Å². The first kappa shape index (κ1) is 15.3. The number of rotatable bonds is 3. The van der Waals surface area contributed by atoms with Crippen molar-refractivity contribution >= 4 is 70.5 Å². The lowest BCUT2D eigenvalue weighted by molar-refractivity contribution is 0.603. The van der Waals surface area contributed by atoms with Crippen molar-refractivity contribution in [2.45, 2.75) is 11.1 Å². The van der Waals surface area contributed by atoms with E-state index in [-0.39, 0.29) is 4.21 Å². The normalized spacial score (nSPS) is 11.6. The van der Waals surface area contributed by atoms with Crippen LogP contribution in [0.5, 0.6) is 0 Å². The van der Waals surface area contributed by atoms with Gasteiger partial charge in [-0.1, -0.05) is 27.5 Å². The first-order valence-electron chi connectivity index (χ1n) is 5.03. The largest absolute Gasteiger partial charge is 0.279 e. The fourth-order valence-electron chi connectivity index (χ4n) is 1.40. The number of hydrogen-bond acceptors (Lipinski definition) is 3. The zero-order valence-electron chi connectivity index (χ0n) is 9.58. The second kappa shape index (κ2) is 5.73. The molecule has 2 rings (SSSR count). The van der Waals surface area contributed by atoms with Gasteiger partial charge in [-0.2, -0.15) is 0 Å². The molecule has 0 radical (unpaired) electrons. The summed E-state index contributed by atoms with van der Waals surface area (Å²) in [7, 11) is -3.61. The Labute approximate surface area is 137 Å². The maximum Gasteiger partial charge on any atom is 0.271 e. The maximum atomic E-state index is 12.2. The number of anilines is 1. The zero-order chi connectivity index (χ0) is 14.2. The molecule has 0 aliphatic heterocycles. The summed E-state index contributed by atoms with van der Waals surface area (Å²) in [6.07, 6.45) is 0. The van der Waals surface area contributed by atoms with Crippen molar-refractivity contribution in [2.75, 3.05) is 4.72 Å². The Balaban J connectivity index is 2.36. The summed E-state index contributed by atoms with van der Waals surface area (Å²) in [4.78, 5) is 0. The topological polar surface area (TPSA) is 46.2 Å². The van der Waals surface area contributed by atoms with E-state index in [1.807, 2.05) is 13.0 Å². The molecule has 0 bridgehead atoms. The summed E-state index contributed by atoms with van der Waals surface area (Å²) in [6.45, 7) is 1.83. The molecule has 0 spiro atoms. The monoisotopic (exact) mass is 443 g/mol. The quantitative estimate of drug-likeness (QED) is 0.720. The van der Waals surface area contributed by atoms with Crippen molar-refractivity contribution in [3.63, 3.8) is 0 Å². The van der Waals surface area contributed by atoms with Crippen LogP contribution in [0.25, 0.3) is 0 Å². The van der Waals surface area contributed by atoms with E-state index >= 15 is 0 Å². The molecule has 0 saturated heterocycles. The van der Waals surface area contributed by atoms with Crippen LogP contribution in [0, 0.1) is 6.92 Å². The van der Waals surface area contributed by atoms with Gasteiger partial charge >= 0.3 is 0 Å². The fourth-order valence-corrected chi connectivity index (χ4v) is 5.40. The Morgan fingerprint density at radius 1 is 1.26 bits per heavy atom. The van der Waals surface area contributed by atoms with E-state index in [1.54, 1.807) is 12.1 Å². The first-order valence-corrected chi connectivity index (χ1v) is 9.30. The van der Waals surface area contributed by atoms with Crippen molar-refractivity contribution in [2.24, 2.45) is 0 Å². The van der Waals surface area contributed by atoms with Gasteiger partial charge in [-0.3, -0.25) is 4.72 Å². The van der Waals surface area contributed by atoms with Crippen LogP contribution in [0.3, 0.4) is 0 Å². The molecule has 1 aromatic heterocycles. The number of sulfonamides is 1. The van der Waals surface area contributed by atoms with Crippen molar-refractivity contribution in [3.8, 4) is 0 Å². The summed E-state index contributed by atoms with van der Waals surface area (Å²) in [6, 6.07) is 6.76. The Bertz CT molecular complexity index is 709. The summed E-state index contributed by atoms with van der Waals surface area (Å²) in [5, 5.41) is 0.387. The van der Waals surface area contributed by atoms with Gasteiger partial charge in [0.25, 0.3) is 10.0 Å². The van der Waals surface area contributed by atoms with Crippen LogP contribution < -0.4 is 4.72 Å². The van der Waals surface area contributed by atoms with Crippen LogP contribution in [0.1, 0.15) is 5.56 Å². The molecule has 0 unspecified atom stereocenters. The highest BCUT2D eigenvalue weighted by molar-refractivity contribution is 9.11. The molecule has 0 amide bonds. The molecule has 8 heteroatoms. The van der Waals surface area contributed by atoms with Crippen molar-refractivity contribution in [1.82, 2.24) is 0 Å². The predicted molar refractivity (Wildman–Crippen MR) is 86.7 cm³/mol. The number of hydrogen-bond donors (Lipinski definition) is 1. The number of halogens is 3. The van der Waals surface area contributed by atoms with Crippen LogP contribution in [0.15, 0.2) is 36.7 Å². The third kappa shape index (κ3) is 3.52. The molecule has 0 atom stereocenters. The fraction of sp³-hybridized carbons (Fsp3) is 0.0909. The van der Waals surface area contributed by atoms with Gasteiger partial charge < -0.3 is 0 Å². The van der Waals surface area contributed by atoms with Gasteiger partial charge in [0, 0.05) is 4.47 Å². The van der Waals surface area contributed by atoms with Gasteiger partial charge in [-0.15, -0.1) is 11.3 Å². The number of nitrogens with one attached hydrogen (secondary N) is 1. The van der Waals surface area contributed by atoms with Crippen molar-refractivity contribution in [1.29, 1.82) is 0 Å². The molecule has 19 heavy (non-hydrogen) atoms. The van der Waals surface area contributed by atoms with Crippen LogP contribution in [-0.4, -0.2) is 8.42 Å². The number of thiophene rings is 1. The van der Waals surface area contributed by atoms with E-state index in [0.29, 0.717) is 14.5 Å². The Morgan fingerprint density at radius 2 is 1.95 bits per heavy atom. The zero-order valence-corrected chi connectivity index (χ0v) is 15.1. The van der Waals surface area contributed by atoms with Gasteiger partial charge in [0.2, 0.25) is 0 Å². The standard InChI is InChI=1S/C11H8Br2ClNO2S2/c1-6-4-7(12)2-3-9(6)15-19(16,17)10-5-8(14)11(13)18-10/h2-5,15H,1H3. The summed E-state index contributed by atoms with van der Waals surface area (Å²) < 4.78 is 28.6. The second-order valence-corrected chi connectivity index (χ2v) is 9.35. The van der Waals surface area contributed by atoms with Crippen molar-refractivity contribution < 1.29 is 8.42 Å². The average molecular weight is 446 g/mol. The van der Waals surface area contributed by atoms with Gasteiger partial charge in [-0.25, -0.2) is 8.42 Å². The lowest BCUT2D eigenvalue weighted by atomic mass is 10.2. The van der Waals surface area contributed by atoms with Crippen molar-refractivity contribution in [3.05, 3.63) is 43.1 Å². The molecule has 3 nitrogen and oxygen atoms in total. The lowest BCUT2D eigenvalue weighted by Gasteiger charge is -2.09.